The van der Waals surface area contributed by atoms with Gasteiger partial charge in [0.05, 0.1) is 7.11 Å². The number of benzene rings is 1. The lowest BCUT2D eigenvalue weighted by Gasteiger charge is -2.22. The van der Waals surface area contributed by atoms with Crippen molar-refractivity contribution in [2.75, 3.05) is 13.7 Å². The Hall–Kier alpha value is -3.22. The van der Waals surface area contributed by atoms with Crippen LogP contribution < -0.4 is 4.74 Å². The summed E-state index contributed by atoms with van der Waals surface area (Å²) in [5.74, 6) is 1.46. The number of fused-ring (bicyclic) bond motifs is 1. The van der Waals surface area contributed by atoms with E-state index in [4.69, 9.17) is 4.74 Å². The zero-order valence-electron chi connectivity index (χ0n) is 16.6. The van der Waals surface area contributed by atoms with Gasteiger partial charge in [-0.25, -0.2) is 9.50 Å². The monoisotopic (exact) mass is 379 g/mol. The Morgan fingerprint density at radius 2 is 2.04 bits per heavy atom. The molecule has 0 aliphatic rings. The first-order chi connectivity index (χ1) is 13.5. The Kier molecular flexibility index (Phi) is 6.03. The van der Waals surface area contributed by atoms with Gasteiger partial charge in [0, 0.05) is 30.9 Å². The minimum atomic E-state index is 0.0770. The van der Waals surface area contributed by atoms with Crippen LogP contribution >= 0.6 is 0 Å². The zero-order chi connectivity index (χ0) is 20.1. The van der Waals surface area contributed by atoms with Crippen molar-refractivity contribution in [1.82, 2.24) is 24.5 Å². The fourth-order valence-corrected chi connectivity index (χ4v) is 3.27. The van der Waals surface area contributed by atoms with Gasteiger partial charge < -0.3 is 9.64 Å². The molecular weight excluding hydrogens is 354 g/mol. The SMILES string of the molecule is C=CCN(Cc1ccc(OC)cc1)C(=O)CCc1c(C)nc2ncnn2c1C. The lowest BCUT2D eigenvalue weighted by atomic mass is 10.1. The van der Waals surface area contributed by atoms with Gasteiger partial charge in [-0.15, -0.1) is 6.58 Å². The summed E-state index contributed by atoms with van der Waals surface area (Å²) in [6.45, 7) is 8.75. The second kappa shape index (κ2) is 8.65. The van der Waals surface area contributed by atoms with Crippen molar-refractivity contribution < 1.29 is 9.53 Å². The molecule has 0 aliphatic carbocycles. The molecule has 3 rings (SSSR count). The van der Waals surface area contributed by atoms with Crippen LogP contribution in [0.5, 0.6) is 5.75 Å². The molecule has 7 heteroatoms. The molecule has 0 unspecified atom stereocenters. The van der Waals surface area contributed by atoms with Crippen LogP contribution in [0.4, 0.5) is 0 Å². The lowest BCUT2D eigenvalue weighted by Crippen LogP contribution is -2.31. The van der Waals surface area contributed by atoms with Crippen LogP contribution in [0, 0.1) is 13.8 Å². The van der Waals surface area contributed by atoms with Crippen molar-refractivity contribution in [3.05, 3.63) is 65.8 Å². The number of hydrogen-bond acceptors (Lipinski definition) is 5. The molecule has 0 saturated carbocycles. The summed E-state index contributed by atoms with van der Waals surface area (Å²) in [5, 5.41) is 4.21. The number of aryl methyl sites for hydroxylation is 2. The van der Waals surface area contributed by atoms with Gasteiger partial charge in [0.1, 0.15) is 12.1 Å². The van der Waals surface area contributed by atoms with Gasteiger partial charge in [-0.05, 0) is 43.5 Å². The molecule has 1 aromatic carbocycles. The van der Waals surface area contributed by atoms with E-state index in [9.17, 15) is 4.79 Å². The fraction of sp³-hybridized carbons (Fsp3) is 0.333. The molecule has 0 bridgehead atoms. The molecule has 1 amide bonds. The molecule has 0 radical (unpaired) electrons. The zero-order valence-corrected chi connectivity index (χ0v) is 16.6. The van der Waals surface area contributed by atoms with Crippen LogP contribution in [-0.4, -0.2) is 44.0 Å². The Balaban J connectivity index is 1.71. The number of hydrogen-bond donors (Lipinski definition) is 0. The molecule has 0 saturated heterocycles. The van der Waals surface area contributed by atoms with E-state index in [-0.39, 0.29) is 5.91 Å². The predicted molar refractivity (Wildman–Crippen MR) is 107 cm³/mol. The van der Waals surface area contributed by atoms with Crippen LogP contribution in [0.25, 0.3) is 5.78 Å². The number of aromatic nitrogens is 4. The van der Waals surface area contributed by atoms with Crippen molar-refractivity contribution >= 4 is 11.7 Å². The highest BCUT2D eigenvalue weighted by atomic mass is 16.5. The maximum Gasteiger partial charge on any atom is 0.252 e. The largest absolute Gasteiger partial charge is 0.497 e. The van der Waals surface area contributed by atoms with Crippen LogP contribution in [0.15, 0.2) is 43.2 Å². The standard InChI is InChI=1S/C21H25N5O2/c1-5-12-25(13-17-6-8-18(28-4)9-7-17)20(27)11-10-19-15(2)24-21-22-14-23-26(21)16(19)3/h5-9,14H,1,10-13H2,2-4H3. The van der Waals surface area contributed by atoms with E-state index in [1.54, 1.807) is 22.6 Å². The number of carbonyl (C=O) groups excluding carboxylic acids is 1. The molecule has 2 aromatic heterocycles. The summed E-state index contributed by atoms with van der Waals surface area (Å²) in [5.41, 5.74) is 3.94. The summed E-state index contributed by atoms with van der Waals surface area (Å²) in [6.07, 6.45) is 4.24. The second-order valence-electron chi connectivity index (χ2n) is 6.64. The molecule has 146 valence electrons. The second-order valence-corrected chi connectivity index (χ2v) is 6.64. The third-order valence-electron chi connectivity index (χ3n) is 4.81. The number of ether oxygens (including phenoxy) is 1. The van der Waals surface area contributed by atoms with Crippen LogP contribution in [0.2, 0.25) is 0 Å². The predicted octanol–water partition coefficient (Wildman–Crippen LogP) is 2.90. The maximum absolute atomic E-state index is 12.9. The highest BCUT2D eigenvalue weighted by Gasteiger charge is 2.16. The van der Waals surface area contributed by atoms with Gasteiger partial charge in [0.15, 0.2) is 0 Å². The minimum Gasteiger partial charge on any atom is -0.497 e. The smallest absolute Gasteiger partial charge is 0.252 e. The number of nitrogens with zero attached hydrogens (tertiary/aromatic N) is 5. The third-order valence-corrected chi connectivity index (χ3v) is 4.81. The van der Waals surface area contributed by atoms with Gasteiger partial charge in [-0.1, -0.05) is 18.2 Å². The van der Waals surface area contributed by atoms with Crippen molar-refractivity contribution in [2.45, 2.75) is 33.2 Å². The average molecular weight is 379 g/mol. The Morgan fingerprint density at radius 1 is 1.29 bits per heavy atom. The number of methoxy groups -OCH3 is 1. The molecule has 28 heavy (non-hydrogen) atoms. The summed E-state index contributed by atoms with van der Waals surface area (Å²) >= 11 is 0. The summed E-state index contributed by atoms with van der Waals surface area (Å²) in [4.78, 5) is 23.3. The van der Waals surface area contributed by atoms with E-state index in [1.807, 2.05) is 38.1 Å². The van der Waals surface area contributed by atoms with E-state index in [2.05, 4.69) is 21.6 Å². The van der Waals surface area contributed by atoms with Crippen LogP contribution in [0.3, 0.4) is 0 Å². The van der Waals surface area contributed by atoms with Crippen molar-refractivity contribution in [3.8, 4) is 5.75 Å². The van der Waals surface area contributed by atoms with Crippen molar-refractivity contribution in [1.29, 1.82) is 0 Å². The molecular formula is C21H25N5O2. The third kappa shape index (κ3) is 4.19. The first kappa shape index (κ1) is 19.5. The quantitative estimate of drug-likeness (QED) is 0.563. The van der Waals surface area contributed by atoms with Gasteiger partial charge in [0.25, 0.3) is 5.78 Å². The molecule has 0 atom stereocenters. The highest BCUT2D eigenvalue weighted by Crippen LogP contribution is 2.17. The molecule has 0 fully saturated rings. The topological polar surface area (TPSA) is 72.6 Å². The maximum atomic E-state index is 12.9. The van der Waals surface area contributed by atoms with E-state index in [1.165, 1.54) is 6.33 Å². The molecule has 0 aliphatic heterocycles. The fourth-order valence-electron chi connectivity index (χ4n) is 3.27. The summed E-state index contributed by atoms with van der Waals surface area (Å²) in [7, 11) is 1.64. The molecule has 3 aromatic rings. The molecule has 0 spiro atoms. The number of rotatable bonds is 8. The van der Waals surface area contributed by atoms with Gasteiger partial charge in [-0.2, -0.15) is 10.1 Å². The molecule has 0 N–H and O–H groups in total. The first-order valence-electron chi connectivity index (χ1n) is 9.21. The van der Waals surface area contributed by atoms with E-state index in [0.29, 0.717) is 31.7 Å². The van der Waals surface area contributed by atoms with Crippen LogP contribution in [-0.2, 0) is 17.8 Å². The Morgan fingerprint density at radius 3 is 2.71 bits per heavy atom. The van der Waals surface area contributed by atoms with Crippen molar-refractivity contribution in [3.63, 3.8) is 0 Å². The number of amides is 1. The lowest BCUT2D eigenvalue weighted by molar-refractivity contribution is -0.131. The summed E-state index contributed by atoms with van der Waals surface area (Å²) in [6, 6.07) is 7.74. The number of carbonyl (C=O) groups is 1. The Bertz CT molecular complexity index is 978. The Labute approximate surface area is 164 Å². The molecule has 2 heterocycles. The van der Waals surface area contributed by atoms with Gasteiger partial charge >= 0.3 is 0 Å². The average Bonchev–Trinajstić information content (AvgIpc) is 3.16. The van der Waals surface area contributed by atoms with Crippen LogP contribution in [0.1, 0.15) is 28.9 Å². The van der Waals surface area contributed by atoms with E-state index < -0.39 is 0 Å². The first-order valence-corrected chi connectivity index (χ1v) is 9.21. The van der Waals surface area contributed by atoms with E-state index >= 15 is 0 Å². The highest BCUT2D eigenvalue weighted by molar-refractivity contribution is 5.76. The van der Waals surface area contributed by atoms with Gasteiger partial charge in [-0.3, -0.25) is 4.79 Å². The summed E-state index contributed by atoms with van der Waals surface area (Å²) < 4.78 is 6.90. The van der Waals surface area contributed by atoms with E-state index in [0.717, 1.165) is 28.3 Å². The molecule has 7 nitrogen and oxygen atoms in total. The van der Waals surface area contributed by atoms with Gasteiger partial charge in [0.2, 0.25) is 5.91 Å². The minimum absolute atomic E-state index is 0.0770. The normalized spacial score (nSPS) is 10.8. The van der Waals surface area contributed by atoms with Crippen molar-refractivity contribution in [2.24, 2.45) is 0 Å².